The summed E-state index contributed by atoms with van der Waals surface area (Å²) in [7, 11) is 1.71. The minimum absolute atomic E-state index is 0.0519. The van der Waals surface area contributed by atoms with Crippen molar-refractivity contribution in [2.24, 2.45) is 23.0 Å². The van der Waals surface area contributed by atoms with Crippen LogP contribution in [0.2, 0.25) is 0 Å². The van der Waals surface area contributed by atoms with E-state index < -0.39 is 6.04 Å². The Labute approximate surface area is 190 Å². The summed E-state index contributed by atoms with van der Waals surface area (Å²) >= 11 is 0. The second kappa shape index (κ2) is 8.56. The predicted octanol–water partition coefficient (Wildman–Crippen LogP) is 3.73. The number of hydrogen-bond acceptors (Lipinski definition) is 6. The highest BCUT2D eigenvalue weighted by molar-refractivity contribution is 5.76. The van der Waals surface area contributed by atoms with Crippen molar-refractivity contribution < 1.29 is 19.1 Å². The molecule has 1 aromatic rings. The Morgan fingerprint density at radius 3 is 2.91 bits per heavy atom. The molecule has 0 aromatic heterocycles. The van der Waals surface area contributed by atoms with E-state index in [9.17, 15) is 4.79 Å². The van der Waals surface area contributed by atoms with E-state index >= 15 is 0 Å². The molecule has 2 aliphatic heterocycles. The Hall–Kier alpha value is -2.31. The van der Waals surface area contributed by atoms with Gasteiger partial charge in [-0.25, -0.2) is 0 Å². The van der Waals surface area contributed by atoms with Crippen molar-refractivity contribution in [3.63, 3.8) is 0 Å². The zero-order valence-corrected chi connectivity index (χ0v) is 19.0. The van der Waals surface area contributed by atoms with E-state index in [2.05, 4.69) is 19.2 Å². The predicted molar refractivity (Wildman–Crippen MR) is 121 cm³/mol. The topological polar surface area (TPSA) is 74.0 Å². The fourth-order valence-corrected chi connectivity index (χ4v) is 6.29. The monoisotopic (exact) mass is 438 g/mol. The molecule has 2 N–H and O–H groups in total. The third-order valence-electron chi connectivity index (χ3n) is 7.69. The summed E-state index contributed by atoms with van der Waals surface area (Å²) in [4.78, 5) is 18.4. The van der Waals surface area contributed by atoms with Crippen LogP contribution in [-0.4, -0.2) is 42.9 Å². The van der Waals surface area contributed by atoms with Gasteiger partial charge in [-0.05, 0) is 49.2 Å². The number of nitrogens with zero attached hydrogens (tertiary/aromatic N) is 1. The number of benzene rings is 1. The SMILES string of the molecule is CON1C=CC23CC(C)CC[C@@H]2OC2=C3[C@H](C[C@H](OC(=O)[C@@H](N)Cc3ccccc3)C2)C1. The quantitative estimate of drug-likeness (QED) is 0.706. The molecule has 1 aromatic carbocycles. The molecule has 2 heterocycles. The Kier molecular flexibility index (Phi) is 5.76. The second-order valence-corrected chi connectivity index (χ2v) is 9.96. The van der Waals surface area contributed by atoms with Crippen molar-refractivity contribution in [1.29, 1.82) is 0 Å². The van der Waals surface area contributed by atoms with Gasteiger partial charge >= 0.3 is 5.97 Å². The fraction of sp³-hybridized carbons (Fsp3) is 0.577. The lowest BCUT2D eigenvalue weighted by Gasteiger charge is -2.42. The van der Waals surface area contributed by atoms with E-state index in [4.69, 9.17) is 20.0 Å². The summed E-state index contributed by atoms with van der Waals surface area (Å²) < 4.78 is 12.5. The van der Waals surface area contributed by atoms with Crippen LogP contribution in [0.5, 0.6) is 0 Å². The summed E-state index contributed by atoms with van der Waals surface area (Å²) in [5.41, 5.74) is 8.60. The molecule has 1 spiro atoms. The molecule has 1 saturated carbocycles. The molecule has 6 nitrogen and oxygen atoms in total. The van der Waals surface area contributed by atoms with Crippen LogP contribution in [0.25, 0.3) is 0 Å². The van der Waals surface area contributed by atoms with Gasteiger partial charge in [0, 0.05) is 18.5 Å². The number of nitrogens with two attached hydrogens (primary N) is 1. The highest BCUT2D eigenvalue weighted by atomic mass is 16.7. The summed E-state index contributed by atoms with van der Waals surface area (Å²) in [6.07, 6.45) is 9.60. The van der Waals surface area contributed by atoms with Crippen molar-refractivity contribution >= 4 is 5.97 Å². The lowest BCUT2D eigenvalue weighted by atomic mass is 9.61. The zero-order chi connectivity index (χ0) is 22.3. The standard InChI is InChI=1S/C26H34N2O4/c1-17-8-9-23-26(15-17)10-11-28(30-2)16-19-13-20(14-22(32-23)24(19)26)31-25(29)21(27)12-18-6-4-3-5-7-18/h3-7,10-11,17,19-21,23H,8-9,12-16,27H2,1-2H3/t17?,19-,20+,21+,23+,26?/m1/s1. The van der Waals surface area contributed by atoms with Crippen molar-refractivity contribution in [2.45, 2.75) is 63.7 Å². The van der Waals surface area contributed by atoms with Crippen LogP contribution in [-0.2, 0) is 25.5 Å². The maximum Gasteiger partial charge on any atom is 0.323 e. The van der Waals surface area contributed by atoms with Crippen LogP contribution in [0, 0.1) is 17.3 Å². The van der Waals surface area contributed by atoms with Gasteiger partial charge in [0.25, 0.3) is 0 Å². The molecular formula is C26H34N2O4. The summed E-state index contributed by atoms with van der Waals surface area (Å²) in [5.74, 6) is 1.59. The largest absolute Gasteiger partial charge is 0.493 e. The van der Waals surface area contributed by atoms with Gasteiger partial charge < -0.3 is 15.2 Å². The Bertz CT molecular complexity index is 914. The van der Waals surface area contributed by atoms with Gasteiger partial charge in [-0.2, -0.15) is 0 Å². The maximum atomic E-state index is 12.8. The van der Waals surface area contributed by atoms with Gasteiger partial charge in [-0.15, -0.1) is 0 Å². The van der Waals surface area contributed by atoms with Crippen LogP contribution in [0.3, 0.4) is 0 Å². The van der Waals surface area contributed by atoms with Crippen LogP contribution in [0.4, 0.5) is 0 Å². The number of hydrogen-bond donors (Lipinski definition) is 1. The minimum atomic E-state index is -0.668. The van der Waals surface area contributed by atoms with Crippen molar-refractivity contribution in [3.8, 4) is 0 Å². The van der Waals surface area contributed by atoms with Gasteiger partial charge in [0.15, 0.2) is 0 Å². The third kappa shape index (κ3) is 3.84. The molecule has 4 aliphatic rings. The molecule has 172 valence electrons. The second-order valence-electron chi connectivity index (χ2n) is 9.96. The molecule has 6 atom stereocenters. The summed E-state index contributed by atoms with van der Waals surface area (Å²) in [5, 5.41) is 1.91. The van der Waals surface area contributed by atoms with Crippen LogP contribution in [0.1, 0.15) is 44.6 Å². The third-order valence-corrected chi connectivity index (χ3v) is 7.69. The van der Waals surface area contributed by atoms with Crippen molar-refractivity contribution in [1.82, 2.24) is 5.06 Å². The van der Waals surface area contributed by atoms with Crippen molar-refractivity contribution in [3.05, 3.63) is 59.5 Å². The first kappa shape index (κ1) is 21.5. The normalized spacial score (nSPS) is 34.3. The Balaban J connectivity index is 1.34. The highest BCUT2D eigenvalue weighted by Crippen LogP contribution is 2.59. The average Bonchev–Trinajstić information content (AvgIpc) is 3.01. The van der Waals surface area contributed by atoms with E-state index in [1.54, 1.807) is 7.11 Å². The first-order chi connectivity index (χ1) is 15.5. The van der Waals surface area contributed by atoms with Gasteiger partial charge in [0.1, 0.15) is 24.0 Å². The first-order valence-electron chi connectivity index (χ1n) is 11.9. The van der Waals surface area contributed by atoms with E-state index in [0.717, 1.165) is 37.1 Å². The number of hydroxylamine groups is 2. The number of esters is 1. The van der Waals surface area contributed by atoms with E-state index in [0.29, 0.717) is 18.8 Å². The molecule has 0 saturated heterocycles. The molecule has 32 heavy (non-hydrogen) atoms. The van der Waals surface area contributed by atoms with Gasteiger partial charge in [0.05, 0.1) is 19.1 Å². The molecule has 5 rings (SSSR count). The molecule has 0 amide bonds. The van der Waals surface area contributed by atoms with E-state index in [1.165, 1.54) is 12.0 Å². The molecule has 0 radical (unpaired) electrons. The number of carbonyl (C=O) groups is 1. The molecule has 2 aliphatic carbocycles. The average molecular weight is 439 g/mol. The van der Waals surface area contributed by atoms with Crippen molar-refractivity contribution in [2.75, 3.05) is 13.7 Å². The van der Waals surface area contributed by atoms with E-state index in [-0.39, 0.29) is 29.5 Å². The smallest absolute Gasteiger partial charge is 0.323 e. The number of carbonyl (C=O) groups excluding carboxylic acids is 1. The maximum absolute atomic E-state index is 12.8. The van der Waals surface area contributed by atoms with Gasteiger partial charge in [-0.3, -0.25) is 14.7 Å². The van der Waals surface area contributed by atoms with E-state index in [1.807, 2.05) is 35.4 Å². The highest BCUT2D eigenvalue weighted by Gasteiger charge is 2.56. The molecule has 0 bridgehead atoms. The fourth-order valence-electron chi connectivity index (χ4n) is 6.29. The lowest BCUT2D eigenvalue weighted by Crippen LogP contribution is -2.42. The van der Waals surface area contributed by atoms with Gasteiger partial charge in [-0.1, -0.05) is 43.3 Å². The number of ether oxygens (including phenoxy) is 2. The first-order valence-corrected chi connectivity index (χ1v) is 11.9. The minimum Gasteiger partial charge on any atom is -0.493 e. The van der Waals surface area contributed by atoms with Crippen LogP contribution >= 0.6 is 0 Å². The Morgan fingerprint density at radius 2 is 2.12 bits per heavy atom. The molecule has 6 heteroatoms. The molecule has 2 unspecified atom stereocenters. The zero-order valence-electron chi connectivity index (χ0n) is 19.0. The van der Waals surface area contributed by atoms with Gasteiger partial charge in [0.2, 0.25) is 0 Å². The Morgan fingerprint density at radius 1 is 1.31 bits per heavy atom. The molecular weight excluding hydrogens is 404 g/mol. The summed E-state index contributed by atoms with van der Waals surface area (Å²) in [6, 6.07) is 9.17. The van der Waals surface area contributed by atoms with Crippen LogP contribution in [0.15, 0.2) is 53.9 Å². The molecule has 1 fully saturated rings. The number of rotatable bonds is 5. The summed E-state index contributed by atoms with van der Waals surface area (Å²) in [6.45, 7) is 3.08. The lowest BCUT2D eigenvalue weighted by molar-refractivity contribution is -0.152. The van der Waals surface area contributed by atoms with Crippen LogP contribution < -0.4 is 5.73 Å².